The molecular formula is C23H23FN2O2. The lowest BCUT2D eigenvalue weighted by Gasteiger charge is -2.20. The van der Waals surface area contributed by atoms with Crippen LogP contribution in [0.2, 0.25) is 0 Å². The highest BCUT2D eigenvalue weighted by Gasteiger charge is 2.21. The maximum atomic E-state index is 13.1. The van der Waals surface area contributed by atoms with Crippen molar-refractivity contribution < 1.29 is 13.9 Å². The fourth-order valence-electron chi connectivity index (χ4n) is 2.95. The van der Waals surface area contributed by atoms with E-state index in [0.717, 1.165) is 16.7 Å². The van der Waals surface area contributed by atoms with Crippen LogP contribution < -0.4 is 15.4 Å². The lowest BCUT2D eigenvalue weighted by Crippen LogP contribution is -2.32. The van der Waals surface area contributed by atoms with Crippen molar-refractivity contribution in [3.05, 3.63) is 95.3 Å². The van der Waals surface area contributed by atoms with E-state index in [0.29, 0.717) is 18.0 Å². The molecule has 144 valence electrons. The molecule has 0 bridgehead atoms. The van der Waals surface area contributed by atoms with Gasteiger partial charge in [-0.25, -0.2) is 4.39 Å². The molecule has 28 heavy (non-hydrogen) atoms. The third-order valence-corrected chi connectivity index (χ3v) is 4.43. The first-order valence-corrected chi connectivity index (χ1v) is 9.05. The molecule has 1 atom stereocenters. The summed E-state index contributed by atoms with van der Waals surface area (Å²) in [6.07, 6.45) is 0. The van der Waals surface area contributed by atoms with E-state index in [2.05, 4.69) is 10.6 Å². The number of benzene rings is 3. The predicted molar refractivity (Wildman–Crippen MR) is 109 cm³/mol. The van der Waals surface area contributed by atoms with Crippen molar-refractivity contribution in [3.8, 4) is 5.75 Å². The summed E-state index contributed by atoms with van der Waals surface area (Å²) in [6.45, 7) is 2.38. The predicted octanol–water partition coefficient (Wildman–Crippen LogP) is 4.61. The molecule has 0 saturated heterocycles. The Labute approximate surface area is 164 Å². The Kier molecular flexibility index (Phi) is 6.40. The lowest BCUT2D eigenvalue weighted by molar-refractivity contribution is -0.118. The van der Waals surface area contributed by atoms with E-state index in [1.54, 1.807) is 19.2 Å². The molecule has 0 aliphatic heterocycles. The van der Waals surface area contributed by atoms with Gasteiger partial charge in [0.2, 0.25) is 5.91 Å². The van der Waals surface area contributed by atoms with Crippen LogP contribution in [0, 0.1) is 12.7 Å². The van der Waals surface area contributed by atoms with Crippen LogP contribution in [-0.2, 0) is 11.3 Å². The molecule has 0 spiro atoms. The van der Waals surface area contributed by atoms with Gasteiger partial charge in [0.25, 0.3) is 0 Å². The molecular weight excluding hydrogens is 355 g/mol. The molecule has 0 heterocycles. The van der Waals surface area contributed by atoms with E-state index in [1.807, 2.05) is 55.5 Å². The van der Waals surface area contributed by atoms with Gasteiger partial charge in [0.15, 0.2) is 0 Å². The summed E-state index contributed by atoms with van der Waals surface area (Å²) in [4.78, 5) is 13.1. The summed E-state index contributed by atoms with van der Waals surface area (Å²) in [6, 6.07) is 20.8. The topological polar surface area (TPSA) is 50.4 Å². The van der Waals surface area contributed by atoms with Gasteiger partial charge in [-0.05, 0) is 47.9 Å². The molecule has 0 aliphatic carbocycles. The number of anilines is 1. The van der Waals surface area contributed by atoms with Crippen molar-refractivity contribution >= 4 is 11.6 Å². The maximum Gasteiger partial charge on any atom is 0.246 e. The highest BCUT2D eigenvalue weighted by Crippen LogP contribution is 2.26. The van der Waals surface area contributed by atoms with E-state index in [1.165, 1.54) is 12.1 Å². The van der Waals surface area contributed by atoms with Crippen LogP contribution in [0.4, 0.5) is 10.1 Å². The zero-order valence-corrected chi connectivity index (χ0v) is 15.9. The lowest BCUT2D eigenvalue weighted by atomic mass is 10.1. The van der Waals surface area contributed by atoms with E-state index < -0.39 is 6.04 Å². The number of rotatable bonds is 7. The van der Waals surface area contributed by atoms with Crippen molar-refractivity contribution in [1.29, 1.82) is 0 Å². The Hall–Kier alpha value is -3.18. The molecule has 2 N–H and O–H groups in total. The van der Waals surface area contributed by atoms with Crippen LogP contribution in [0.15, 0.2) is 72.8 Å². The van der Waals surface area contributed by atoms with E-state index >= 15 is 0 Å². The monoisotopic (exact) mass is 378 g/mol. The Bertz CT molecular complexity index is 927. The van der Waals surface area contributed by atoms with Gasteiger partial charge in [-0.1, -0.05) is 48.5 Å². The fraction of sp³-hybridized carbons (Fsp3) is 0.174. The molecule has 0 aromatic heterocycles. The quantitative estimate of drug-likeness (QED) is 0.631. The van der Waals surface area contributed by atoms with Gasteiger partial charge in [0, 0.05) is 6.54 Å². The van der Waals surface area contributed by atoms with Gasteiger partial charge in [-0.2, -0.15) is 0 Å². The first-order valence-electron chi connectivity index (χ1n) is 9.05. The first-order chi connectivity index (χ1) is 13.6. The highest BCUT2D eigenvalue weighted by molar-refractivity contribution is 5.96. The second-order valence-corrected chi connectivity index (χ2v) is 6.54. The summed E-state index contributed by atoms with van der Waals surface area (Å²) in [5.74, 6) is 0.120. The fourth-order valence-corrected chi connectivity index (χ4v) is 2.95. The minimum Gasteiger partial charge on any atom is -0.495 e. The normalized spacial score (nSPS) is 11.7. The van der Waals surface area contributed by atoms with Crippen molar-refractivity contribution in [2.45, 2.75) is 19.5 Å². The molecule has 3 aromatic carbocycles. The number of methoxy groups -OCH3 is 1. The maximum absolute atomic E-state index is 13.1. The smallest absolute Gasteiger partial charge is 0.246 e. The Morgan fingerprint density at radius 2 is 1.75 bits per heavy atom. The number of aryl methyl sites for hydroxylation is 1. The number of amides is 1. The molecule has 0 fully saturated rings. The first kappa shape index (κ1) is 19.6. The Morgan fingerprint density at radius 1 is 1.04 bits per heavy atom. The molecule has 1 unspecified atom stereocenters. The van der Waals surface area contributed by atoms with Crippen molar-refractivity contribution in [3.63, 3.8) is 0 Å². The number of hydrogen-bond acceptors (Lipinski definition) is 3. The van der Waals surface area contributed by atoms with Crippen LogP contribution >= 0.6 is 0 Å². The summed E-state index contributed by atoms with van der Waals surface area (Å²) >= 11 is 0. The molecule has 1 amide bonds. The van der Waals surface area contributed by atoms with Gasteiger partial charge in [0.05, 0.1) is 12.8 Å². The zero-order valence-electron chi connectivity index (χ0n) is 15.9. The minimum atomic E-state index is -0.573. The SMILES string of the molecule is COc1ccc(C)cc1NC(=O)C(NCc1ccc(F)cc1)c1ccccc1. The molecule has 0 radical (unpaired) electrons. The van der Waals surface area contributed by atoms with E-state index in [-0.39, 0.29) is 11.7 Å². The average Bonchev–Trinajstić information content (AvgIpc) is 2.70. The molecule has 0 saturated carbocycles. The molecule has 5 heteroatoms. The number of nitrogens with one attached hydrogen (secondary N) is 2. The third kappa shape index (κ3) is 4.96. The average molecular weight is 378 g/mol. The second-order valence-electron chi connectivity index (χ2n) is 6.54. The number of halogens is 1. The van der Waals surface area contributed by atoms with Crippen LogP contribution in [-0.4, -0.2) is 13.0 Å². The second kappa shape index (κ2) is 9.15. The summed E-state index contributed by atoms with van der Waals surface area (Å²) < 4.78 is 18.5. The Morgan fingerprint density at radius 3 is 2.43 bits per heavy atom. The van der Waals surface area contributed by atoms with Gasteiger partial charge in [0.1, 0.15) is 17.6 Å². The van der Waals surface area contributed by atoms with Crippen molar-refractivity contribution in [1.82, 2.24) is 5.32 Å². The van der Waals surface area contributed by atoms with Gasteiger partial charge in [-0.3, -0.25) is 10.1 Å². The van der Waals surface area contributed by atoms with Crippen LogP contribution in [0.1, 0.15) is 22.7 Å². The van der Waals surface area contributed by atoms with Gasteiger partial charge in [-0.15, -0.1) is 0 Å². The number of ether oxygens (including phenoxy) is 1. The number of carbonyl (C=O) groups is 1. The van der Waals surface area contributed by atoms with Crippen LogP contribution in [0.5, 0.6) is 5.75 Å². The highest BCUT2D eigenvalue weighted by atomic mass is 19.1. The zero-order chi connectivity index (χ0) is 19.9. The molecule has 3 aromatic rings. The molecule has 0 aliphatic rings. The van der Waals surface area contributed by atoms with Gasteiger partial charge < -0.3 is 10.1 Å². The largest absolute Gasteiger partial charge is 0.495 e. The van der Waals surface area contributed by atoms with Crippen molar-refractivity contribution in [2.75, 3.05) is 12.4 Å². The number of carbonyl (C=O) groups excluding carboxylic acids is 1. The summed E-state index contributed by atoms with van der Waals surface area (Å²) in [7, 11) is 1.57. The summed E-state index contributed by atoms with van der Waals surface area (Å²) in [5, 5.41) is 6.23. The Balaban J connectivity index is 1.81. The number of hydrogen-bond donors (Lipinski definition) is 2. The molecule has 3 rings (SSSR count). The van der Waals surface area contributed by atoms with E-state index in [9.17, 15) is 9.18 Å². The van der Waals surface area contributed by atoms with Crippen LogP contribution in [0.25, 0.3) is 0 Å². The van der Waals surface area contributed by atoms with Crippen molar-refractivity contribution in [2.24, 2.45) is 0 Å². The third-order valence-electron chi connectivity index (χ3n) is 4.43. The van der Waals surface area contributed by atoms with E-state index in [4.69, 9.17) is 4.74 Å². The summed E-state index contributed by atoms with van der Waals surface area (Å²) in [5.41, 5.74) is 3.38. The molecule has 4 nitrogen and oxygen atoms in total. The van der Waals surface area contributed by atoms with Crippen LogP contribution in [0.3, 0.4) is 0 Å². The van der Waals surface area contributed by atoms with Gasteiger partial charge >= 0.3 is 0 Å². The standard InChI is InChI=1S/C23H23FN2O2/c1-16-8-13-21(28-2)20(14-16)26-23(27)22(18-6-4-3-5-7-18)25-15-17-9-11-19(24)12-10-17/h3-14,22,25H,15H2,1-2H3,(H,26,27). The minimum absolute atomic E-state index is 0.197.